The number of phosphoric acid groups is 1. The molecule has 0 saturated carbocycles. The van der Waals surface area contributed by atoms with Crippen LogP contribution in [0.3, 0.4) is 0 Å². The van der Waals surface area contributed by atoms with Gasteiger partial charge in [-0.1, -0.05) is 0 Å². The predicted octanol–water partition coefficient (Wildman–Crippen LogP) is -1.55. The van der Waals surface area contributed by atoms with Crippen LogP contribution in [0.1, 0.15) is 6.92 Å². The maximum Gasteiger partial charge on any atom is 0.469 e. The van der Waals surface area contributed by atoms with E-state index in [1.807, 2.05) is 0 Å². The minimum absolute atomic E-state index is 0.0459. The first-order chi connectivity index (χ1) is 6.19. The van der Waals surface area contributed by atoms with E-state index >= 15 is 0 Å². The van der Waals surface area contributed by atoms with Crippen molar-refractivity contribution >= 4 is 19.8 Å². The van der Waals surface area contributed by atoms with Gasteiger partial charge in [-0.2, -0.15) is 4.99 Å². The molecule has 0 rings (SSSR count). The first-order valence-corrected chi connectivity index (χ1v) is 4.81. The molecule has 0 heterocycles. The Labute approximate surface area is 80.2 Å². The Kier molecular flexibility index (Phi) is 7.96. The zero-order valence-electron chi connectivity index (χ0n) is 7.45. The van der Waals surface area contributed by atoms with Gasteiger partial charge in [-0.25, -0.2) is 9.36 Å². The largest absolute Gasteiger partial charge is 0.469 e. The highest BCUT2D eigenvalue weighted by Crippen LogP contribution is 2.34. The van der Waals surface area contributed by atoms with Gasteiger partial charge in [0, 0.05) is 0 Å². The van der Waals surface area contributed by atoms with Crippen molar-refractivity contribution < 1.29 is 23.7 Å². The van der Waals surface area contributed by atoms with E-state index < -0.39 is 13.9 Å². The molecule has 2 amide bonds. The molecule has 0 aliphatic rings. The van der Waals surface area contributed by atoms with Crippen LogP contribution in [-0.2, 0) is 9.09 Å². The number of nitrogens with zero attached hydrogens (tertiary/aromatic N) is 1. The number of primary amides is 1. The Morgan fingerprint density at radius 2 is 1.86 bits per heavy atom. The van der Waals surface area contributed by atoms with Gasteiger partial charge >= 0.3 is 13.9 Å². The molecule has 0 aliphatic carbocycles. The summed E-state index contributed by atoms with van der Waals surface area (Å²) in [5.74, 6) is -0.312. The molecule has 0 bridgehead atoms. The SMILES string of the molecule is CCOP(=O)(O)O.NC(=O)N=C(N)N. The van der Waals surface area contributed by atoms with Gasteiger partial charge in [0.25, 0.3) is 0 Å². The number of phosphoric ester groups is 1. The van der Waals surface area contributed by atoms with Crippen molar-refractivity contribution in [3.63, 3.8) is 0 Å². The molecule has 0 spiro atoms. The van der Waals surface area contributed by atoms with E-state index in [9.17, 15) is 9.36 Å². The van der Waals surface area contributed by atoms with Crippen LogP contribution in [0.2, 0.25) is 0 Å². The fraction of sp³-hybridized carbons (Fsp3) is 0.500. The summed E-state index contributed by atoms with van der Waals surface area (Å²) >= 11 is 0. The number of guanidine groups is 1. The van der Waals surface area contributed by atoms with Crippen molar-refractivity contribution in [2.75, 3.05) is 6.61 Å². The second-order valence-corrected chi connectivity index (χ2v) is 3.02. The van der Waals surface area contributed by atoms with Crippen molar-refractivity contribution in [3.8, 4) is 0 Å². The van der Waals surface area contributed by atoms with E-state index in [4.69, 9.17) is 21.3 Å². The number of hydrogen-bond acceptors (Lipinski definition) is 3. The van der Waals surface area contributed by atoms with E-state index in [0.717, 1.165) is 0 Å². The Bertz CT molecular complexity index is 244. The summed E-state index contributed by atoms with van der Waals surface area (Å²) in [7, 11) is -4.17. The van der Waals surface area contributed by atoms with Crippen molar-refractivity contribution in [2.45, 2.75) is 6.92 Å². The molecule has 9 nitrogen and oxygen atoms in total. The highest BCUT2D eigenvalue weighted by atomic mass is 31.2. The average molecular weight is 228 g/mol. The summed E-state index contributed by atoms with van der Waals surface area (Å²) in [6.45, 7) is 1.56. The maximum absolute atomic E-state index is 9.70. The van der Waals surface area contributed by atoms with Crippen LogP contribution in [0, 0.1) is 0 Å². The molecular weight excluding hydrogens is 215 g/mol. The predicted molar refractivity (Wildman–Crippen MR) is 49.1 cm³/mol. The maximum atomic E-state index is 9.70. The number of rotatable bonds is 2. The summed E-state index contributed by atoms with van der Waals surface area (Å²) in [6, 6.07) is -0.875. The van der Waals surface area contributed by atoms with Crippen LogP contribution in [0.25, 0.3) is 0 Å². The Morgan fingerprint density at radius 1 is 1.43 bits per heavy atom. The van der Waals surface area contributed by atoms with Gasteiger partial charge in [-0.3, -0.25) is 4.52 Å². The first kappa shape index (κ1) is 15.3. The Hall–Kier alpha value is -1.15. The van der Waals surface area contributed by atoms with Gasteiger partial charge in [-0.15, -0.1) is 0 Å². The summed E-state index contributed by atoms with van der Waals surface area (Å²) in [5.41, 5.74) is 13.9. The molecule has 84 valence electrons. The smallest absolute Gasteiger partial charge is 0.370 e. The number of carbonyl (C=O) groups is 1. The molecular formula is C4H13N4O5P. The normalized spacial score (nSPS) is 9.64. The highest BCUT2D eigenvalue weighted by molar-refractivity contribution is 7.46. The van der Waals surface area contributed by atoms with Gasteiger partial charge in [0.15, 0.2) is 5.96 Å². The molecule has 0 saturated heterocycles. The molecule has 8 N–H and O–H groups in total. The minimum Gasteiger partial charge on any atom is -0.370 e. The van der Waals surface area contributed by atoms with Gasteiger partial charge in [0.1, 0.15) is 0 Å². The molecule has 10 heteroatoms. The fourth-order valence-corrected chi connectivity index (χ4v) is 0.632. The summed E-state index contributed by atoms with van der Waals surface area (Å²) in [6.07, 6.45) is 0. The van der Waals surface area contributed by atoms with Crippen molar-refractivity contribution in [3.05, 3.63) is 0 Å². The lowest BCUT2D eigenvalue weighted by atomic mass is 10.9. The summed E-state index contributed by atoms with van der Waals surface area (Å²) < 4.78 is 13.6. The second-order valence-electron chi connectivity index (χ2n) is 1.78. The zero-order valence-corrected chi connectivity index (χ0v) is 8.35. The Balaban J connectivity index is 0. The van der Waals surface area contributed by atoms with E-state index in [0.29, 0.717) is 0 Å². The molecule has 0 aliphatic heterocycles. The highest BCUT2D eigenvalue weighted by Gasteiger charge is 2.10. The van der Waals surface area contributed by atoms with E-state index in [1.54, 1.807) is 0 Å². The lowest BCUT2D eigenvalue weighted by Crippen LogP contribution is -2.25. The van der Waals surface area contributed by atoms with Crippen molar-refractivity contribution in [1.82, 2.24) is 0 Å². The minimum atomic E-state index is -4.17. The molecule has 0 atom stereocenters. The average Bonchev–Trinajstić information content (AvgIpc) is 1.80. The number of amides is 2. The number of carbonyl (C=O) groups excluding carboxylic acids is 1. The van der Waals surface area contributed by atoms with E-state index in [-0.39, 0.29) is 12.6 Å². The van der Waals surface area contributed by atoms with Gasteiger partial charge in [-0.05, 0) is 6.92 Å². The molecule has 0 radical (unpaired) electrons. The van der Waals surface area contributed by atoms with Crippen molar-refractivity contribution in [1.29, 1.82) is 0 Å². The molecule has 0 aromatic heterocycles. The topological polar surface area (TPSA) is 174 Å². The zero-order chi connectivity index (χ0) is 11.8. The van der Waals surface area contributed by atoms with Crippen LogP contribution in [0.15, 0.2) is 4.99 Å². The van der Waals surface area contributed by atoms with E-state index in [1.165, 1.54) is 6.92 Å². The third kappa shape index (κ3) is 22.4. The van der Waals surface area contributed by atoms with Crippen molar-refractivity contribution in [2.24, 2.45) is 22.2 Å². The van der Waals surface area contributed by atoms with Gasteiger partial charge in [0.05, 0.1) is 6.61 Å². The molecule has 0 fully saturated rings. The van der Waals surface area contributed by atoms with Crippen LogP contribution in [-0.4, -0.2) is 28.4 Å². The van der Waals surface area contributed by atoms with Crippen LogP contribution < -0.4 is 17.2 Å². The number of nitrogens with two attached hydrogens (primary N) is 3. The van der Waals surface area contributed by atoms with Crippen LogP contribution in [0.5, 0.6) is 0 Å². The quantitative estimate of drug-likeness (QED) is 0.216. The molecule has 14 heavy (non-hydrogen) atoms. The molecule has 0 unspecified atom stereocenters. The molecule has 0 aromatic carbocycles. The third-order valence-corrected chi connectivity index (χ3v) is 1.13. The molecule has 0 aromatic rings. The van der Waals surface area contributed by atoms with Gasteiger partial charge in [0.2, 0.25) is 0 Å². The first-order valence-electron chi connectivity index (χ1n) is 3.28. The lowest BCUT2D eigenvalue weighted by molar-refractivity contribution is 0.206. The monoisotopic (exact) mass is 228 g/mol. The fourth-order valence-electron chi connectivity index (χ4n) is 0.295. The lowest BCUT2D eigenvalue weighted by Gasteiger charge is -1.98. The number of urea groups is 1. The third-order valence-electron chi connectivity index (χ3n) is 0.537. The van der Waals surface area contributed by atoms with E-state index in [2.05, 4.69) is 15.2 Å². The standard InChI is InChI=1S/C2H6N4O.C2H7O4P/c3-1(4)6-2(5)7;1-2-6-7(3,4)5/h(H6,3,4,5,6,7);2H2,1H3,(H2,3,4,5). The van der Waals surface area contributed by atoms with Crippen LogP contribution in [0.4, 0.5) is 4.79 Å². The second kappa shape index (κ2) is 7.27. The summed E-state index contributed by atoms with van der Waals surface area (Å²) in [5, 5.41) is 0. The number of aliphatic imine (C=N–C) groups is 1. The Morgan fingerprint density at radius 3 is 1.86 bits per heavy atom. The number of hydrogen-bond donors (Lipinski definition) is 5. The van der Waals surface area contributed by atoms with Gasteiger partial charge < -0.3 is 27.0 Å². The summed E-state index contributed by atoms with van der Waals surface area (Å²) in [4.78, 5) is 28.4. The van der Waals surface area contributed by atoms with Crippen LogP contribution >= 0.6 is 7.82 Å².